The Kier molecular flexibility index (Phi) is 4.36. The van der Waals surface area contributed by atoms with Crippen LogP contribution < -0.4 is 0 Å². The van der Waals surface area contributed by atoms with Crippen molar-refractivity contribution in [2.24, 2.45) is 0 Å². The molecule has 1 atom stereocenters. The SMILES string of the molecule is O=Cc1cn(CC(O)CN2CCCCC2)c2ccccc12. The van der Waals surface area contributed by atoms with E-state index in [4.69, 9.17) is 0 Å². The number of aliphatic hydroxyl groups excluding tert-OH is 1. The van der Waals surface area contributed by atoms with E-state index >= 15 is 0 Å². The van der Waals surface area contributed by atoms with Crippen LogP contribution in [-0.2, 0) is 6.54 Å². The van der Waals surface area contributed by atoms with Crippen molar-refractivity contribution >= 4 is 17.2 Å². The highest BCUT2D eigenvalue weighted by Gasteiger charge is 2.16. The lowest BCUT2D eigenvalue weighted by Crippen LogP contribution is -2.37. The molecule has 0 spiro atoms. The van der Waals surface area contributed by atoms with E-state index in [1.165, 1.54) is 19.3 Å². The van der Waals surface area contributed by atoms with Crippen molar-refractivity contribution in [3.05, 3.63) is 36.0 Å². The van der Waals surface area contributed by atoms with Gasteiger partial charge in [-0.05, 0) is 32.0 Å². The quantitative estimate of drug-likeness (QED) is 0.858. The lowest BCUT2D eigenvalue weighted by atomic mass is 10.1. The van der Waals surface area contributed by atoms with Crippen LogP contribution in [0, 0.1) is 0 Å². The van der Waals surface area contributed by atoms with Crippen molar-refractivity contribution in [2.45, 2.75) is 31.9 Å². The van der Waals surface area contributed by atoms with Crippen LogP contribution in [0.4, 0.5) is 0 Å². The minimum Gasteiger partial charge on any atom is -0.390 e. The first kappa shape index (κ1) is 14.3. The summed E-state index contributed by atoms with van der Waals surface area (Å²) in [6.07, 6.45) is 6.09. The van der Waals surface area contributed by atoms with E-state index in [0.717, 1.165) is 30.3 Å². The van der Waals surface area contributed by atoms with Crippen LogP contribution in [0.1, 0.15) is 29.6 Å². The summed E-state index contributed by atoms with van der Waals surface area (Å²) in [7, 11) is 0. The number of hydrogen-bond donors (Lipinski definition) is 1. The number of carbonyl (C=O) groups excluding carboxylic acids is 1. The second-order valence-corrected chi connectivity index (χ2v) is 5.89. The van der Waals surface area contributed by atoms with Gasteiger partial charge >= 0.3 is 0 Å². The Morgan fingerprint density at radius 3 is 2.67 bits per heavy atom. The number of piperidine rings is 1. The molecule has 1 aromatic carbocycles. The molecule has 0 bridgehead atoms. The summed E-state index contributed by atoms with van der Waals surface area (Å²) in [5.41, 5.74) is 1.70. The summed E-state index contributed by atoms with van der Waals surface area (Å²) in [5, 5.41) is 11.3. The zero-order valence-corrected chi connectivity index (χ0v) is 12.2. The Hall–Kier alpha value is -1.65. The van der Waals surface area contributed by atoms with Gasteiger partial charge in [-0.2, -0.15) is 0 Å². The summed E-state index contributed by atoms with van der Waals surface area (Å²) in [4.78, 5) is 13.5. The molecular weight excluding hydrogens is 264 g/mol. The Balaban J connectivity index is 1.73. The number of aromatic nitrogens is 1. The fourth-order valence-corrected chi connectivity index (χ4v) is 3.24. The van der Waals surface area contributed by atoms with Gasteiger partial charge < -0.3 is 14.6 Å². The van der Waals surface area contributed by atoms with E-state index in [-0.39, 0.29) is 0 Å². The predicted molar refractivity (Wildman–Crippen MR) is 83.6 cm³/mol. The molecule has 1 fully saturated rings. The molecule has 1 saturated heterocycles. The van der Waals surface area contributed by atoms with Crippen LogP contribution in [0.2, 0.25) is 0 Å². The van der Waals surface area contributed by atoms with E-state index < -0.39 is 6.10 Å². The standard InChI is InChI=1S/C17H22N2O2/c20-13-14-10-19(17-7-3-2-6-16(14)17)12-15(21)11-18-8-4-1-5-9-18/h2-3,6-7,10,13,15,21H,1,4-5,8-9,11-12H2. The molecular formula is C17H22N2O2. The van der Waals surface area contributed by atoms with Crippen LogP contribution in [0.15, 0.2) is 30.5 Å². The molecule has 1 aromatic heterocycles. The summed E-state index contributed by atoms with van der Waals surface area (Å²) in [5.74, 6) is 0. The number of likely N-dealkylation sites (tertiary alicyclic amines) is 1. The number of aliphatic hydroxyl groups is 1. The van der Waals surface area contributed by atoms with Gasteiger partial charge in [-0.15, -0.1) is 0 Å². The van der Waals surface area contributed by atoms with Gasteiger partial charge in [0, 0.05) is 35.8 Å². The van der Waals surface area contributed by atoms with Crippen LogP contribution in [0.3, 0.4) is 0 Å². The molecule has 112 valence electrons. The molecule has 2 aromatic rings. The number of rotatable bonds is 5. The Bertz CT molecular complexity index is 614. The lowest BCUT2D eigenvalue weighted by molar-refractivity contribution is 0.0891. The monoisotopic (exact) mass is 286 g/mol. The topological polar surface area (TPSA) is 45.5 Å². The molecule has 21 heavy (non-hydrogen) atoms. The van der Waals surface area contributed by atoms with E-state index in [2.05, 4.69) is 4.90 Å². The first-order valence-corrected chi connectivity index (χ1v) is 7.71. The summed E-state index contributed by atoms with van der Waals surface area (Å²) in [6.45, 7) is 3.42. The molecule has 0 aliphatic carbocycles. The van der Waals surface area contributed by atoms with Crippen molar-refractivity contribution in [3.8, 4) is 0 Å². The number of aldehydes is 1. The van der Waals surface area contributed by atoms with E-state index in [1.54, 1.807) is 0 Å². The number of carbonyl (C=O) groups is 1. The third-order valence-electron chi connectivity index (χ3n) is 4.27. The largest absolute Gasteiger partial charge is 0.390 e. The average Bonchev–Trinajstić information content (AvgIpc) is 2.86. The van der Waals surface area contributed by atoms with Crippen molar-refractivity contribution in [1.82, 2.24) is 9.47 Å². The molecule has 2 heterocycles. The maximum absolute atomic E-state index is 11.2. The first-order chi connectivity index (χ1) is 10.3. The average molecular weight is 286 g/mol. The smallest absolute Gasteiger partial charge is 0.152 e. The van der Waals surface area contributed by atoms with Gasteiger partial charge in [0.05, 0.1) is 6.10 Å². The molecule has 4 nitrogen and oxygen atoms in total. The number of nitrogens with zero attached hydrogens (tertiary/aromatic N) is 2. The minimum atomic E-state index is -0.404. The summed E-state index contributed by atoms with van der Waals surface area (Å²) in [6, 6.07) is 7.84. The molecule has 1 unspecified atom stereocenters. The van der Waals surface area contributed by atoms with Gasteiger partial charge in [-0.1, -0.05) is 24.6 Å². The molecule has 3 rings (SSSR count). The number of hydrogen-bond acceptors (Lipinski definition) is 3. The van der Waals surface area contributed by atoms with Crippen molar-refractivity contribution in [1.29, 1.82) is 0 Å². The van der Waals surface area contributed by atoms with E-state index in [1.807, 2.05) is 35.0 Å². The third-order valence-corrected chi connectivity index (χ3v) is 4.27. The van der Waals surface area contributed by atoms with Gasteiger partial charge in [0.2, 0.25) is 0 Å². The Morgan fingerprint density at radius 1 is 1.14 bits per heavy atom. The highest BCUT2D eigenvalue weighted by atomic mass is 16.3. The van der Waals surface area contributed by atoms with Crippen molar-refractivity contribution in [2.75, 3.05) is 19.6 Å². The number of para-hydroxylation sites is 1. The van der Waals surface area contributed by atoms with Crippen LogP contribution >= 0.6 is 0 Å². The Labute approximate surface area is 125 Å². The van der Waals surface area contributed by atoms with Crippen molar-refractivity contribution in [3.63, 3.8) is 0 Å². The second-order valence-electron chi connectivity index (χ2n) is 5.89. The second kappa shape index (κ2) is 6.41. The maximum atomic E-state index is 11.2. The summed E-state index contributed by atoms with van der Waals surface area (Å²) < 4.78 is 1.99. The summed E-state index contributed by atoms with van der Waals surface area (Å²) >= 11 is 0. The molecule has 0 radical (unpaired) electrons. The highest BCUT2D eigenvalue weighted by molar-refractivity contribution is 5.97. The first-order valence-electron chi connectivity index (χ1n) is 7.71. The molecule has 1 N–H and O–H groups in total. The number of benzene rings is 1. The van der Waals surface area contributed by atoms with Gasteiger partial charge in [-0.3, -0.25) is 4.79 Å². The van der Waals surface area contributed by atoms with Crippen LogP contribution in [0.25, 0.3) is 10.9 Å². The third kappa shape index (κ3) is 3.17. The van der Waals surface area contributed by atoms with Gasteiger partial charge in [0.1, 0.15) is 0 Å². The Morgan fingerprint density at radius 2 is 1.90 bits per heavy atom. The fourth-order valence-electron chi connectivity index (χ4n) is 3.24. The molecule has 1 aliphatic heterocycles. The zero-order valence-electron chi connectivity index (χ0n) is 12.2. The van der Waals surface area contributed by atoms with Gasteiger partial charge in [0.25, 0.3) is 0 Å². The van der Waals surface area contributed by atoms with Gasteiger partial charge in [-0.25, -0.2) is 0 Å². The molecule has 1 aliphatic rings. The van der Waals surface area contributed by atoms with Gasteiger partial charge in [0.15, 0.2) is 6.29 Å². The maximum Gasteiger partial charge on any atom is 0.152 e. The van der Waals surface area contributed by atoms with Crippen molar-refractivity contribution < 1.29 is 9.90 Å². The normalized spacial score (nSPS) is 18.0. The van der Waals surface area contributed by atoms with Crippen LogP contribution in [-0.4, -0.2) is 46.6 Å². The number of fused-ring (bicyclic) bond motifs is 1. The molecule has 0 saturated carbocycles. The minimum absolute atomic E-state index is 0.404. The zero-order chi connectivity index (χ0) is 14.7. The highest BCUT2D eigenvalue weighted by Crippen LogP contribution is 2.20. The lowest BCUT2D eigenvalue weighted by Gasteiger charge is -2.28. The number of β-amino-alcohol motifs (C(OH)–C–C–N with tert-alkyl or cyclic N) is 1. The van der Waals surface area contributed by atoms with E-state index in [0.29, 0.717) is 18.7 Å². The predicted octanol–water partition coefficient (Wildman–Crippen LogP) is 2.30. The molecule has 4 heteroatoms. The molecule has 0 amide bonds. The fraction of sp³-hybridized carbons (Fsp3) is 0.471. The van der Waals surface area contributed by atoms with E-state index in [9.17, 15) is 9.90 Å². The van der Waals surface area contributed by atoms with Crippen LogP contribution in [0.5, 0.6) is 0 Å².